The van der Waals surface area contributed by atoms with Crippen LogP contribution in [-0.4, -0.2) is 57.4 Å². The first kappa shape index (κ1) is 19.9. The van der Waals surface area contributed by atoms with E-state index in [0.29, 0.717) is 25.5 Å². The molecule has 1 saturated heterocycles. The third-order valence-corrected chi connectivity index (χ3v) is 4.76. The first-order valence-electron chi connectivity index (χ1n) is 9.52. The fraction of sp³-hybridized carbons (Fsp3) is 0.450. The zero-order valence-corrected chi connectivity index (χ0v) is 16.0. The number of nitrogens with zero attached hydrogens (tertiary/aromatic N) is 3. The average Bonchev–Trinajstić information content (AvgIpc) is 3.16. The monoisotopic (exact) mass is 386 g/mol. The number of ether oxygens (including phenoxy) is 1. The highest BCUT2D eigenvalue weighted by Crippen LogP contribution is 2.25. The van der Waals surface area contributed by atoms with Gasteiger partial charge in [0.25, 0.3) is 5.91 Å². The molecule has 1 aliphatic rings. The standard InChI is InChI=1S/C20H26N4O4/c1-15(25)20(27)23-12-8-16(9-13-23)24-18(7-11-21-24)22-19(26)10-14-28-17-5-3-2-4-6-17/h2-7,11,15-16,25H,8-10,12-14H2,1H3,(H,22,26)/t15-/m0/s1. The normalized spacial score (nSPS) is 15.9. The van der Waals surface area contributed by atoms with Crippen molar-refractivity contribution >= 4 is 17.6 Å². The van der Waals surface area contributed by atoms with Gasteiger partial charge in [-0.05, 0) is 31.9 Å². The van der Waals surface area contributed by atoms with E-state index < -0.39 is 6.10 Å². The van der Waals surface area contributed by atoms with Crippen LogP contribution < -0.4 is 10.1 Å². The van der Waals surface area contributed by atoms with E-state index in [0.717, 1.165) is 18.6 Å². The molecule has 0 saturated carbocycles. The largest absolute Gasteiger partial charge is 0.493 e. The van der Waals surface area contributed by atoms with Crippen molar-refractivity contribution in [3.63, 3.8) is 0 Å². The fourth-order valence-corrected chi connectivity index (χ4v) is 3.28. The molecule has 2 N–H and O–H groups in total. The average molecular weight is 386 g/mol. The summed E-state index contributed by atoms with van der Waals surface area (Å²) in [6.07, 6.45) is 2.36. The molecule has 1 aromatic carbocycles. The lowest BCUT2D eigenvalue weighted by Gasteiger charge is -2.33. The van der Waals surface area contributed by atoms with Crippen LogP contribution in [0.3, 0.4) is 0 Å². The van der Waals surface area contributed by atoms with Gasteiger partial charge in [-0.15, -0.1) is 0 Å². The Kier molecular flexibility index (Phi) is 6.65. The third kappa shape index (κ3) is 5.10. The van der Waals surface area contributed by atoms with Gasteiger partial charge in [-0.25, -0.2) is 4.68 Å². The van der Waals surface area contributed by atoms with Crippen molar-refractivity contribution in [3.05, 3.63) is 42.6 Å². The highest BCUT2D eigenvalue weighted by molar-refractivity contribution is 5.89. The zero-order chi connectivity index (χ0) is 19.9. The maximum atomic E-state index is 12.2. The summed E-state index contributed by atoms with van der Waals surface area (Å²) in [6.45, 7) is 2.90. The molecular formula is C20H26N4O4. The summed E-state index contributed by atoms with van der Waals surface area (Å²) in [6, 6.07) is 11.2. The molecule has 1 aliphatic heterocycles. The van der Waals surface area contributed by atoms with Crippen molar-refractivity contribution in [2.45, 2.75) is 38.3 Å². The summed E-state index contributed by atoms with van der Waals surface area (Å²) in [5, 5.41) is 16.7. The molecule has 2 amide bonds. The van der Waals surface area contributed by atoms with Crippen LogP contribution in [0.5, 0.6) is 5.75 Å². The minimum atomic E-state index is -0.978. The van der Waals surface area contributed by atoms with E-state index in [2.05, 4.69) is 10.4 Å². The lowest BCUT2D eigenvalue weighted by atomic mass is 10.0. The van der Waals surface area contributed by atoms with E-state index >= 15 is 0 Å². The van der Waals surface area contributed by atoms with Gasteiger partial charge < -0.3 is 20.1 Å². The van der Waals surface area contributed by atoms with Crippen molar-refractivity contribution in [2.24, 2.45) is 0 Å². The molecule has 150 valence electrons. The topological polar surface area (TPSA) is 96.7 Å². The molecule has 3 rings (SSSR count). The van der Waals surface area contributed by atoms with E-state index in [1.54, 1.807) is 21.8 Å². The number of nitrogens with one attached hydrogen (secondary N) is 1. The van der Waals surface area contributed by atoms with Crippen molar-refractivity contribution < 1.29 is 19.4 Å². The molecule has 2 aromatic rings. The maximum absolute atomic E-state index is 12.2. The minimum Gasteiger partial charge on any atom is -0.493 e. The Morgan fingerprint density at radius 2 is 1.96 bits per heavy atom. The van der Waals surface area contributed by atoms with Gasteiger partial charge in [-0.3, -0.25) is 9.59 Å². The zero-order valence-electron chi connectivity index (χ0n) is 16.0. The van der Waals surface area contributed by atoms with Crippen LogP contribution in [0, 0.1) is 0 Å². The van der Waals surface area contributed by atoms with Gasteiger partial charge in [0.05, 0.1) is 25.3 Å². The number of benzene rings is 1. The number of aromatic nitrogens is 2. The van der Waals surface area contributed by atoms with Crippen molar-refractivity contribution in [2.75, 3.05) is 25.0 Å². The lowest BCUT2D eigenvalue weighted by molar-refractivity contribution is -0.140. The Morgan fingerprint density at radius 1 is 1.25 bits per heavy atom. The number of carbonyl (C=O) groups excluding carboxylic acids is 2. The van der Waals surface area contributed by atoms with Gasteiger partial charge in [0.15, 0.2) is 0 Å². The molecule has 1 fully saturated rings. The van der Waals surface area contributed by atoms with Gasteiger partial charge in [0, 0.05) is 19.2 Å². The first-order chi connectivity index (χ1) is 13.5. The highest BCUT2D eigenvalue weighted by atomic mass is 16.5. The number of anilines is 1. The van der Waals surface area contributed by atoms with Crippen molar-refractivity contribution in [3.8, 4) is 5.75 Å². The van der Waals surface area contributed by atoms with Crippen LogP contribution in [0.25, 0.3) is 0 Å². The number of amides is 2. The summed E-state index contributed by atoms with van der Waals surface area (Å²) >= 11 is 0. The van der Waals surface area contributed by atoms with Crippen molar-refractivity contribution in [1.29, 1.82) is 0 Å². The number of hydrogen-bond donors (Lipinski definition) is 2. The first-order valence-corrected chi connectivity index (χ1v) is 9.52. The molecule has 28 heavy (non-hydrogen) atoms. The van der Waals surface area contributed by atoms with Crippen LogP contribution in [0.15, 0.2) is 42.6 Å². The number of hydrogen-bond acceptors (Lipinski definition) is 5. The van der Waals surface area contributed by atoms with E-state index in [-0.39, 0.29) is 24.3 Å². The number of rotatable bonds is 7. The second kappa shape index (κ2) is 9.36. The fourth-order valence-electron chi connectivity index (χ4n) is 3.28. The predicted octanol–water partition coefficient (Wildman–Crippen LogP) is 1.83. The molecule has 0 radical (unpaired) electrons. The van der Waals surface area contributed by atoms with Crippen LogP contribution in [0.4, 0.5) is 5.82 Å². The third-order valence-electron chi connectivity index (χ3n) is 4.76. The molecule has 0 unspecified atom stereocenters. The van der Waals surface area contributed by atoms with Crippen LogP contribution in [-0.2, 0) is 9.59 Å². The predicted molar refractivity (Wildman–Crippen MR) is 104 cm³/mol. The Balaban J connectivity index is 1.48. The second-order valence-electron chi connectivity index (χ2n) is 6.85. The van der Waals surface area contributed by atoms with Gasteiger partial charge in [0.1, 0.15) is 17.7 Å². The Bertz CT molecular complexity index is 783. The molecule has 8 heteroatoms. The maximum Gasteiger partial charge on any atom is 0.251 e. The smallest absolute Gasteiger partial charge is 0.251 e. The minimum absolute atomic E-state index is 0.101. The number of para-hydroxylation sites is 1. The molecule has 1 atom stereocenters. The summed E-state index contributed by atoms with van der Waals surface area (Å²) < 4.78 is 7.36. The molecule has 0 bridgehead atoms. The quantitative estimate of drug-likeness (QED) is 0.757. The van der Waals surface area contributed by atoms with Gasteiger partial charge in [-0.2, -0.15) is 5.10 Å². The number of likely N-dealkylation sites (tertiary alicyclic amines) is 1. The van der Waals surface area contributed by atoms with Crippen LogP contribution >= 0.6 is 0 Å². The van der Waals surface area contributed by atoms with E-state index in [4.69, 9.17) is 4.74 Å². The number of carbonyl (C=O) groups is 2. The number of piperidine rings is 1. The summed E-state index contributed by atoms with van der Waals surface area (Å²) in [5.74, 6) is 0.995. The SMILES string of the molecule is C[C@H](O)C(=O)N1CCC(n2nccc2NC(=O)CCOc2ccccc2)CC1. The second-order valence-corrected chi connectivity index (χ2v) is 6.85. The van der Waals surface area contributed by atoms with Gasteiger partial charge in [-0.1, -0.05) is 18.2 Å². The summed E-state index contributed by atoms with van der Waals surface area (Å²) in [4.78, 5) is 25.8. The number of aliphatic hydroxyl groups is 1. The van der Waals surface area contributed by atoms with Gasteiger partial charge in [0.2, 0.25) is 5.91 Å². The molecule has 8 nitrogen and oxygen atoms in total. The highest BCUT2D eigenvalue weighted by Gasteiger charge is 2.27. The van der Waals surface area contributed by atoms with Crippen LogP contribution in [0.2, 0.25) is 0 Å². The Labute approximate surface area is 164 Å². The van der Waals surface area contributed by atoms with E-state index in [1.165, 1.54) is 6.92 Å². The molecule has 0 aliphatic carbocycles. The number of aliphatic hydroxyl groups excluding tert-OH is 1. The molecule has 2 heterocycles. The van der Waals surface area contributed by atoms with E-state index in [9.17, 15) is 14.7 Å². The Morgan fingerprint density at radius 3 is 2.64 bits per heavy atom. The molecule has 0 spiro atoms. The van der Waals surface area contributed by atoms with E-state index in [1.807, 2.05) is 30.3 Å². The van der Waals surface area contributed by atoms with Crippen LogP contribution in [0.1, 0.15) is 32.2 Å². The molecular weight excluding hydrogens is 360 g/mol. The summed E-state index contributed by atoms with van der Waals surface area (Å²) in [5.41, 5.74) is 0. The summed E-state index contributed by atoms with van der Waals surface area (Å²) in [7, 11) is 0. The lowest BCUT2D eigenvalue weighted by Crippen LogP contribution is -2.43. The van der Waals surface area contributed by atoms with Gasteiger partial charge >= 0.3 is 0 Å². The Hall–Kier alpha value is -2.87. The molecule has 1 aromatic heterocycles. The van der Waals surface area contributed by atoms with Crippen molar-refractivity contribution in [1.82, 2.24) is 14.7 Å².